The second kappa shape index (κ2) is 14.5. The zero-order chi connectivity index (χ0) is 28.2. The van der Waals surface area contributed by atoms with Crippen LogP contribution in [0.2, 0.25) is 25.7 Å². The lowest BCUT2D eigenvalue weighted by molar-refractivity contribution is -0.148. The molecule has 8 heteroatoms. The molecule has 0 aromatic heterocycles. The molecule has 0 saturated carbocycles. The summed E-state index contributed by atoms with van der Waals surface area (Å²) in [5.74, 6) is -0.141. The number of nitrogens with one attached hydrogen (secondary N) is 1. The van der Waals surface area contributed by atoms with Gasteiger partial charge in [0.05, 0.1) is 7.11 Å². The molecular weight excluding hydrogens is 498 g/mol. The van der Waals surface area contributed by atoms with Crippen LogP contribution in [-0.2, 0) is 30.3 Å². The fourth-order valence-electron chi connectivity index (χ4n) is 3.18. The molecule has 206 valence electrons. The summed E-state index contributed by atoms with van der Waals surface area (Å²) in [6.45, 7) is 13.7. The second-order valence-electron chi connectivity index (χ2n) is 11.1. The molecule has 0 radical (unpaired) electrons. The zero-order valence-electron chi connectivity index (χ0n) is 23.6. The number of anilines is 1. The number of benzene rings is 2. The number of ether oxygens (including phenoxy) is 4. The Labute approximate surface area is 227 Å². The molecule has 38 heavy (non-hydrogen) atoms. The van der Waals surface area contributed by atoms with Crippen molar-refractivity contribution in [3.63, 3.8) is 0 Å². The summed E-state index contributed by atoms with van der Waals surface area (Å²) in [6.07, 6.45) is 6.22. The van der Waals surface area contributed by atoms with Crippen LogP contribution in [0.15, 0.2) is 54.6 Å². The molecule has 1 N–H and O–H groups in total. The maximum absolute atomic E-state index is 12.1. The Morgan fingerprint density at radius 1 is 0.947 bits per heavy atom. The molecule has 0 saturated heterocycles. The van der Waals surface area contributed by atoms with Crippen LogP contribution < -0.4 is 10.1 Å². The summed E-state index contributed by atoms with van der Waals surface area (Å²) in [5, 5.41) is 3.40. The van der Waals surface area contributed by atoms with E-state index in [0.717, 1.165) is 28.4 Å². The quantitative estimate of drug-likeness (QED) is 0.102. The van der Waals surface area contributed by atoms with Crippen LogP contribution >= 0.6 is 0 Å². The largest absolute Gasteiger partial charge is 0.467 e. The van der Waals surface area contributed by atoms with Crippen LogP contribution in [0.4, 0.5) is 5.69 Å². The first kappa shape index (κ1) is 30.9. The number of methoxy groups -OCH3 is 1. The van der Waals surface area contributed by atoms with E-state index in [4.69, 9.17) is 14.2 Å². The highest BCUT2D eigenvalue weighted by atomic mass is 28.3. The molecule has 0 fully saturated rings. The van der Waals surface area contributed by atoms with Gasteiger partial charge in [0.15, 0.2) is 6.79 Å². The third-order valence-electron chi connectivity index (χ3n) is 5.19. The van der Waals surface area contributed by atoms with Crippen molar-refractivity contribution in [1.29, 1.82) is 0 Å². The summed E-state index contributed by atoms with van der Waals surface area (Å²) in [6, 6.07) is 14.5. The van der Waals surface area contributed by atoms with Crippen molar-refractivity contribution in [2.24, 2.45) is 0 Å². The maximum Gasteiger partial charge on any atom is 0.331 e. The molecule has 7 nitrogen and oxygen atoms in total. The van der Waals surface area contributed by atoms with Crippen molar-refractivity contribution in [3.05, 3.63) is 71.3 Å². The number of rotatable bonds is 13. The van der Waals surface area contributed by atoms with E-state index in [2.05, 4.69) is 29.7 Å². The van der Waals surface area contributed by atoms with E-state index in [0.29, 0.717) is 18.9 Å². The molecule has 0 amide bonds. The van der Waals surface area contributed by atoms with Gasteiger partial charge in [0.25, 0.3) is 0 Å². The first-order valence-corrected chi connectivity index (χ1v) is 16.4. The van der Waals surface area contributed by atoms with Gasteiger partial charge in [-0.2, -0.15) is 0 Å². The lowest BCUT2D eigenvalue weighted by Gasteiger charge is -2.18. The lowest BCUT2D eigenvalue weighted by atomic mass is 10.1. The first-order chi connectivity index (χ1) is 17.8. The molecule has 0 atom stereocenters. The van der Waals surface area contributed by atoms with Crippen LogP contribution in [0.1, 0.15) is 37.5 Å². The number of carbonyl (C=O) groups is 2. The van der Waals surface area contributed by atoms with E-state index in [1.165, 1.54) is 19.3 Å². The summed E-state index contributed by atoms with van der Waals surface area (Å²) in [5.41, 5.74) is 2.96. The van der Waals surface area contributed by atoms with E-state index in [1.807, 2.05) is 63.2 Å². The van der Waals surface area contributed by atoms with Crippen molar-refractivity contribution in [3.8, 4) is 5.75 Å². The Morgan fingerprint density at radius 2 is 1.63 bits per heavy atom. The van der Waals surface area contributed by atoms with Crippen molar-refractivity contribution in [2.45, 2.75) is 58.6 Å². The van der Waals surface area contributed by atoms with Gasteiger partial charge in [0.1, 0.15) is 11.4 Å². The lowest BCUT2D eigenvalue weighted by Crippen LogP contribution is -2.22. The predicted octanol–water partition coefficient (Wildman–Crippen LogP) is 6.53. The fraction of sp³-hybridized carbons (Fsp3) is 0.400. The minimum Gasteiger partial charge on any atom is -0.467 e. The maximum atomic E-state index is 12.1. The predicted molar refractivity (Wildman–Crippen MR) is 156 cm³/mol. The molecule has 0 heterocycles. The summed E-state index contributed by atoms with van der Waals surface area (Å²) in [7, 11) is 0.159. The van der Waals surface area contributed by atoms with Crippen LogP contribution in [0.5, 0.6) is 5.75 Å². The van der Waals surface area contributed by atoms with Crippen LogP contribution in [0, 0.1) is 0 Å². The fourth-order valence-corrected chi connectivity index (χ4v) is 3.94. The molecule has 0 spiro atoms. The van der Waals surface area contributed by atoms with E-state index in [1.54, 1.807) is 12.2 Å². The summed E-state index contributed by atoms with van der Waals surface area (Å²) in [4.78, 5) is 23.5. The van der Waals surface area contributed by atoms with E-state index in [9.17, 15) is 9.59 Å². The van der Waals surface area contributed by atoms with Crippen molar-refractivity contribution in [1.82, 2.24) is 0 Å². The van der Waals surface area contributed by atoms with Gasteiger partial charge in [-0.3, -0.25) is 0 Å². The van der Waals surface area contributed by atoms with Gasteiger partial charge in [-0.25, -0.2) is 9.59 Å². The third kappa shape index (κ3) is 12.7. The molecule has 0 aliphatic heterocycles. The Morgan fingerprint density at radius 3 is 2.29 bits per heavy atom. The molecule has 2 aromatic rings. The first-order valence-electron chi connectivity index (χ1n) is 12.7. The van der Waals surface area contributed by atoms with Gasteiger partial charge >= 0.3 is 11.9 Å². The smallest absolute Gasteiger partial charge is 0.331 e. The Bertz CT molecular complexity index is 1130. The summed E-state index contributed by atoms with van der Waals surface area (Å²) >= 11 is 0. The Hall–Kier alpha value is -3.36. The third-order valence-corrected chi connectivity index (χ3v) is 6.89. The molecule has 0 unspecified atom stereocenters. The monoisotopic (exact) mass is 539 g/mol. The summed E-state index contributed by atoms with van der Waals surface area (Å²) < 4.78 is 21.8. The van der Waals surface area contributed by atoms with Crippen molar-refractivity contribution < 1.29 is 28.5 Å². The second-order valence-corrected chi connectivity index (χ2v) is 16.7. The average molecular weight is 540 g/mol. The van der Waals surface area contributed by atoms with E-state index in [-0.39, 0.29) is 6.79 Å². The highest BCUT2D eigenvalue weighted by Gasteiger charge is 2.14. The van der Waals surface area contributed by atoms with Gasteiger partial charge in [-0.15, -0.1) is 0 Å². The molecule has 0 bridgehead atoms. The van der Waals surface area contributed by atoms with Gasteiger partial charge < -0.3 is 24.3 Å². The average Bonchev–Trinajstić information content (AvgIpc) is 2.83. The minimum absolute atomic E-state index is 0.143. The van der Waals surface area contributed by atoms with Gasteiger partial charge in [0, 0.05) is 44.6 Å². The van der Waals surface area contributed by atoms with Gasteiger partial charge in [-0.1, -0.05) is 43.9 Å². The number of carbonyl (C=O) groups excluding carboxylic acids is 2. The highest BCUT2D eigenvalue weighted by Crippen LogP contribution is 2.24. The van der Waals surface area contributed by atoms with E-state index < -0.39 is 25.6 Å². The molecule has 0 aliphatic carbocycles. The van der Waals surface area contributed by atoms with Crippen LogP contribution in [-0.4, -0.2) is 46.1 Å². The molecule has 2 aromatic carbocycles. The zero-order valence-corrected chi connectivity index (χ0v) is 24.6. The molecule has 2 rings (SSSR count). The molecular formula is C30H41NO6Si. The van der Waals surface area contributed by atoms with Gasteiger partial charge in [-0.05, 0) is 68.3 Å². The normalized spacial score (nSPS) is 12.1. The van der Waals surface area contributed by atoms with Crippen molar-refractivity contribution >= 4 is 37.9 Å². The number of hydrogen-bond acceptors (Lipinski definition) is 7. The Kier molecular flexibility index (Phi) is 11.8. The SMILES string of the molecule is COC(=O)/C=C/c1cccc(NCc2ccc(/C=C/C(=O)OC(C)(C)C)cc2OCOCC[Si](C)(C)C)c1. The highest BCUT2D eigenvalue weighted by molar-refractivity contribution is 6.76. The van der Waals surface area contributed by atoms with Crippen LogP contribution in [0.3, 0.4) is 0 Å². The topological polar surface area (TPSA) is 83.1 Å². The number of esters is 2. The standard InChI is InChI=1S/C30H41NO6Si/c1-30(2,3)37-29(33)16-13-24-11-14-25(27(20-24)36-22-35-17-18-38(5,6)7)21-31-26-10-8-9-23(19-26)12-15-28(32)34-4/h8-16,19-20,31H,17-18,21-22H2,1-7H3/b15-12+,16-13+. The van der Waals surface area contributed by atoms with Crippen molar-refractivity contribution in [2.75, 3.05) is 25.8 Å². The van der Waals surface area contributed by atoms with Crippen LogP contribution in [0.25, 0.3) is 12.2 Å². The molecule has 0 aliphatic rings. The minimum atomic E-state index is -1.19. The number of hydrogen-bond donors (Lipinski definition) is 1. The van der Waals surface area contributed by atoms with E-state index >= 15 is 0 Å². The van der Waals surface area contributed by atoms with Gasteiger partial charge in [0.2, 0.25) is 0 Å². The Balaban J connectivity index is 2.14.